The second-order valence-corrected chi connectivity index (χ2v) is 6.73. The molecule has 24 heavy (non-hydrogen) atoms. The number of amides is 2. The molecule has 2 amide bonds. The molecular formula is C15H14ClN3O4S. The van der Waals surface area contributed by atoms with Gasteiger partial charge in [-0.1, -0.05) is 16.8 Å². The lowest BCUT2D eigenvalue weighted by atomic mass is 10.1. The molecule has 0 spiro atoms. The number of carbonyl (C=O) groups is 2. The largest absolute Gasteiger partial charge is 0.467 e. The van der Waals surface area contributed by atoms with E-state index in [-0.39, 0.29) is 24.9 Å². The van der Waals surface area contributed by atoms with Gasteiger partial charge in [-0.2, -0.15) is 0 Å². The normalized spacial score (nSPS) is 16.4. The Hall–Kier alpha value is -2.32. The van der Waals surface area contributed by atoms with Crippen LogP contribution in [0, 0.1) is 0 Å². The second kappa shape index (κ2) is 7.50. The highest BCUT2D eigenvalue weighted by Gasteiger charge is 2.29. The van der Waals surface area contributed by atoms with E-state index in [0.29, 0.717) is 22.2 Å². The van der Waals surface area contributed by atoms with E-state index in [0.717, 1.165) is 4.88 Å². The Labute approximate surface area is 146 Å². The first-order chi connectivity index (χ1) is 11.6. The summed E-state index contributed by atoms with van der Waals surface area (Å²) in [6.45, 7) is 0.133. The molecule has 1 aliphatic heterocycles. The molecule has 1 atom stereocenters. The van der Waals surface area contributed by atoms with E-state index >= 15 is 0 Å². The van der Waals surface area contributed by atoms with Gasteiger partial charge in [-0.15, -0.1) is 11.3 Å². The van der Waals surface area contributed by atoms with Gasteiger partial charge >= 0.3 is 0 Å². The third-order valence-electron chi connectivity index (χ3n) is 3.28. The third-order valence-corrected chi connectivity index (χ3v) is 4.56. The number of hydrogen-bond donors (Lipinski definition) is 2. The van der Waals surface area contributed by atoms with Crippen molar-refractivity contribution in [1.29, 1.82) is 0 Å². The van der Waals surface area contributed by atoms with E-state index in [9.17, 15) is 9.59 Å². The van der Waals surface area contributed by atoms with Crippen LogP contribution in [0.25, 0.3) is 0 Å². The fraction of sp³-hybridized carbons (Fsp3) is 0.267. The Morgan fingerprint density at radius 3 is 2.92 bits per heavy atom. The zero-order valence-corrected chi connectivity index (χ0v) is 14.0. The molecule has 1 aliphatic rings. The minimum atomic E-state index is -0.737. The molecule has 3 rings (SSSR count). The number of nitrogens with one attached hydrogen (secondary N) is 2. The van der Waals surface area contributed by atoms with Crippen molar-refractivity contribution >= 4 is 40.5 Å². The van der Waals surface area contributed by atoms with E-state index in [1.54, 1.807) is 18.2 Å². The lowest BCUT2D eigenvalue weighted by molar-refractivity contribution is -0.133. The molecule has 2 N–H and O–H groups in total. The first kappa shape index (κ1) is 16.5. The second-order valence-electron chi connectivity index (χ2n) is 5.01. The van der Waals surface area contributed by atoms with Crippen LogP contribution in [0.4, 0.5) is 0 Å². The summed E-state index contributed by atoms with van der Waals surface area (Å²) >= 11 is 7.25. The third kappa shape index (κ3) is 4.15. The molecule has 0 aliphatic carbocycles. The number of rotatable bonds is 6. The van der Waals surface area contributed by atoms with Crippen LogP contribution in [0.5, 0.6) is 0 Å². The SMILES string of the molecule is O=C(CNC(=O)C1CC(c2ccc(Cl)s2)=NO1)NCc1ccco1. The van der Waals surface area contributed by atoms with Crippen LogP contribution >= 0.6 is 22.9 Å². The van der Waals surface area contributed by atoms with Gasteiger partial charge in [-0.05, 0) is 24.3 Å². The Bertz CT molecular complexity index is 757. The predicted molar refractivity (Wildman–Crippen MR) is 88.9 cm³/mol. The number of nitrogens with zero attached hydrogens (tertiary/aromatic N) is 1. The standard InChI is InChI=1S/C15H14ClN3O4S/c16-13-4-3-12(24-13)10-6-11(23-19-10)15(21)18-8-14(20)17-7-9-2-1-5-22-9/h1-5,11H,6-8H2,(H,17,20)(H,18,21). The van der Waals surface area contributed by atoms with Crippen LogP contribution in [0.15, 0.2) is 40.1 Å². The molecule has 0 saturated heterocycles. The number of thiophene rings is 1. The zero-order valence-electron chi connectivity index (χ0n) is 12.5. The molecule has 126 valence electrons. The maximum atomic E-state index is 12.0. The highest BCUT2D eigenvalue weighted by atomic mass is 35.5. The van der Waals surface area contributed by atoms with Gasteiger partial charge in [0.2, 0.25) is 12.0 Å². The Kier molecular flexibility index (Phi) is 5.17. The quantitative estimate of drug-likeness (QED) is 0.815. The van der Waals surface area contributed by atoms with E-state index in [4.69, 9.17) is 20.9 Å². The molecule has 0 bridgehead atoms. The van der Waals surface area contributed by atoms with Crippen LogP contribution in [0.1, 0.15) is 17.1 Å². The topological polar surface area (TPSA) is 92.9 Å². The smallest absolute Gasteiger partial charge is 0.264 e. The highest BCUT2D eigenvalue weighted by Crippen LogP contribution is 2.26. The molecule has 1 unspecified atom stereocenters. The molecule has 3 heterocycles. The van der Waals surface area contributed by atoms with Gasteiger partial charge in [0.15, 0.2) is 0 Å². The van der Waals surface area contributed by atoms with Gasteiger partial charge in [-0.3, -0.25) is 9.59 Å². The number of furan rings is 1. The maximum Gasteiger partial charge on any atom is 0.264 e. The Morgan fingerprint density at radius 1 is 1.33 bits per heavy atom. The van der Waals surface area contributed by atoms with Crippen molar-refractivity contribution in [1.82, 2.24) is 10.6 Å². The number of carbonyl (C=O) groups excluding carboxylic acids is 2. The summed E-state index contributed by atoms with van der Waals surface area (Å²) in [6, 6.07) is 7.08. The molecular weight excluding hydrogens is 354 g/mol. The van der Waals surface area contributed by atoms with Crippen molar-refractivity contribution in [2.45, 2.75) is 19.1 Å². The first-order valence-electron chi connectivity index (χ1n) is 7.17. The Balaban J connectivity index is 1.40. The van der Waals surface area contributed by atoms with Gasteiger partial charge in [0, 0.05) is 6.42 Å². The van der Waals surface area contributed by atoms with Crippen LogP contribution in [-0.2, 0) is 21.0 Å². The first-order valence-corrected chi connectivity index (χ1v) is 8.36. The predicted octanol–water partition coefficient (Wildman–Crippen LogP) is 1.92. The van der Waals surface area contributed by atoms with E-state index in [2.05, 4.69) is 15.8 Å². The van der Waals surface area contributed by atoms with Gasteiger partial charge < -0.3 is 19.9 Å². The van der Waals surface area contributed by atoms with Crippen molar-refractivity contribution in [3.63, 3.8) is 0 Å². The minimum absolute atomic E-state index is 0.139. The van der Waals surface area contributed by atoms with Gasteiger partial charge in [0.25, 0.3) is 5.91 Å². The summed E-state index contributed by atoms with van der Waals surface area (Å²) in [6.07, 6.45) is 1.13. The van der Waals surface area contributed by atoms with Crippen LogP contribution in [0.2, 0.25) is 4.34 Å². The van der Waals surface area contributed by atoms with Gasteiger partial charge in [0.1, 0.15) is 11.5 Å². The summed E-state index contributed by atoms with van der Waals surface area (Å²) in [5, 5.41) is 9.08. The van der Waals surface area contributed by atoms with Gasteiger partial charge in [-0.25, -0.2) is 0 Å². The van der Waals surface area contributed by atoms with Crippen LogP contribution < -0.4 is 10.6 Å². The number of oxime groups is 1. The summed E-state index contributed by atoms with van der Waals surface area (Å²) in [5.41, 5.74) is 0.675. The summed E-state index contributed by atoms with van der Waals surface area (Å²) in [4.78, 5) is 29.7. The molecule has 0 fully saturated rings. The number of halogens is 1. The lowest BCUT2D eigenvalue weighted by Crippen LogP contribution is -2.41. The average molecular weight is 368 g/mol. The monoisotopic (exact) mass is 367 g/mol. The van der Waals surface area contributed by atoms with Crippen molar-refractivity contribution < 1.29 is 18.8 Å². The van der Waals surface area contributed by atoms with Crippen LogP contribution in [-0.4, -0.2) is 30.2 Å². The van der Waals surface area contributed by atoms with Crippen LogP contribution in [0.3, 0.4) is 0 Å². The van der Waals surface area contributed by atoms with E-state index < -0.39 is 6.10 Å². The summed E-state index contributed by atoms with van der Waals surface area (Å²) in [7, 11) is 0. The molecule has 0 saturated carbocycles. The van der Waals surface area contributed by atoms with Crippen molar-refractivity contribution in [2.75, 3.05) is 6.54 Å². The maximum absolute atomic E-state index is 12.0. The van der Waals surface area contributed by atoms with E-state index in [1.165, 1.54) is 17.6 Å². The molecule has 9 heteroatoms. The molecule has 0 aromatic carbocycles. The minimum Gasteiger partial charge on any atom is -0.467 e. The highest BCUT2D eigenvalue weighted by molar-refractivity contribution is 7.18. The fourth-order valence-corrected chi connectivity index (χ4v) is 3.11. The molecule has 0 radical (unpaired) electrons. The van der Waals surface area contributed by atoms with Crippen molar-refractivity contribution in [3.8, 4) is 0 Å². The fourth-order valence-electron chi connectivity index (χ4n) is 2.08. The average Bonchev–Trinajstić information content (AvgIpc) is 3.30. The summed E-state index contributed by atoms with van der Waals surface area (Å²) in [5.74, 6) is -0.0602. The van der Waals surface area contributed by atoms with Crippen molar-refractivity contribution in [3.05, 3.63) is 45.5 Å². The molecule has 2 aromatic rings. The van der Waals surface area contributed by atoms with E-state index in [1.807, 2.05) is 6.07 Å². The molecule has 7 nitrogen and oxygen atoms in total. The zero-order chi connectivity index (χ0) is 16.9. The summed E-state index contributed by atoms with van der Waals surface area (Å²) < 4.78 is 5.75. The number of hydrogen-bond acceptors (Lipinski definition) is 6. The molecule has 2 aromatic heterocycles. The van der Waals surface area contributed by atoms with Gasteiger partial charge in [0.05, 0.1) is 28.6 Å². The van der Waals surface area contributed by atoms with Crippen molar-refractivity contribution in [2.24, 2.45) is 5.16 Å². The Morgan fingerprint density at radius 2 is 2.21 bits per heavy atom. The lowest BCUT2D eigenvalue weighted by Gasteiger charge is -2.09.